The zero-order valence-electron chi connectivity index (χ0n) is 21.0. The second-order valence-electron chi connectivity index (χ2n) is 9.65. The summed E-state index contributed by atoms with van der Waals surface area (Å²) < 4.78 is 57.1. The van der Waals surface area contributed by atoms with Crippen LogP contribution in [0.25, 0.3) is 27.7 Å². The molecule has 1 aliphatic heterocycles. The highest BCUT2D eigenvalue weighted by molar-refractivity contribution is 6.31. The molecule has 2 aromatic heterocycles. The maximum atomic E-state index is 14.2. The van der Waals surface area contributed by atoms with Crippen LogP contribution in [0.5, 0.6) is 0 Å². The lowest BCUT2D eigenvalue weighted by atomic mass is 10.0. The fourth-order valence-electron chi connectivity index (χ4n) is 4.96. The summed E-state index contributed by atoms with van der Waals surface area (Å²) in [7, 11) is 0. The molecule has 0 N–H and O–H groups in total. The van der Waals surface area contributed by atoms with Gasteiger partial charge in [-0.05, 0) is 35.0 Å². The van der Waals surface area contributed by atoms with Gasteiger partial charge in [0.05, 0.1) is 5.69 Å². The van der Waals surface area contributed by atoms with Gasteiger partial charge in [-0.1, -0.05) is 54.1 Å². The Balaban J connectivity index is 1.26. The number of carbonyl (C=O) groups excluding carboxylic acids is 1. The summed E-state index contributed by atoms with van der Waals surface area (Å²) in [6.45, 7) is 1.80. The third kappa shape index (κ3) is 5.00. The first-order valence-electron chi connectivity index (χ1n) is 12.6. The van der Waals surface area contributed by atoms with Gasteiger partial charge >= 0.3 is 6.18 Å². The van der Waals surface area contributed by atoms with Crippen LogP contribution < -0.4 is 0 Å². The van der Waals surface area contributed by atoms with Gasteiger partial charge < -0.3 is 4.90 Å². The second-order valence-corrected chi connectivity index (χ2v) is 10.1. The van der Waals surface area contributed by atoms with Crippen LogP contribution >= 0.6 is 11.6 Å². The van der Waals surface area contributed by atoms with E-state index in [2.05, 4.69) is 10.1 Å². The van der Waals surface area contributed by atoms with Crippen molar-refractivity contribution >= 4 is 33.9 Å². The van der Waals surface area contributed by atoms with Crippen molar-refractivity contribution in [1.29, 1.82) is 0 Å². The van der Waals surface area contributed by atoms with Crippen molar-refractivity contribution in [3.8, 4) is 11.3 Å². The molecule has 6 nitrogen and oxygen atoms in total. The Morgan fingerprint density at radius 1 is 0.900 bits per heavy atom. The molecule has 3 heterocycles. The molecule has 6 rings (SSSR count). The molecular formula is C29H22ClF4N5O. The number of amides is 1. The topological polar surface area (TPSA) is 53.7 Å². The monoisotopic (exact) mass is 567 g/mol. The molecule has 1 saturated heterocycles. The maximum absolute atomic E-state index is 14.2. The van der Waals surface area contributed by atoms with Gasteiger partial charge in [-0.15, -0.1) is 0 Å². The number of alkyl halides is 3. The van der Waals surface area contributed by atoms with E-state index in [1.165, 1.54) is 23.1 Å². The Morgan fingerprint density at radius 2 is 1.65 bits per heavy atom. The lowest BCUT2D eigenvalue weighted by Gasteiger charge is -2.34. The molecule has 0 unspecified atom stereocenters. The SMILES string of the molecule is O=C(c1cc2nc(-c3ccc4ccccc4c3)cc(C(F)(F)F)n2n1)N1CCN(Cc2c(F)cccc2Cl)CC1. The van der Waals surface area contributed by atoms with Gasteiger partial charge in [0, 0.05) is 54.9 Å². The minimum absolute atomic E-state index is 0.0748. The normalized spacial score (nSPS) is 14.8. The number of fused-ring (bicyclic) bond motifs is 2. The summed E-state index contributed by atoms with van der Waals surface area (Å²) in [6, 6.07) is 19.6. The van der Waals surface area contributed by atoms with Crippen LogP contribution in [0.2, 0.25) is 5.02 Å². The van der Waals surface area contributed by atoms with Gasteiger partial charge in [0.15, 0.2) is 17.0 Å². The Labute approximate surface area is 231 Å². The summed E-state index contributed by atoms with van der Waals surface area (Å²) in [6.07, 6.45) is -4.72. The van der Waals surface area contributed by atoms with Crippen molar-refractivity contribution in [1.82, 2.24) is 24.4 Å². The van der Waals surface area contributed by atoms with Gasteiger partial charge in [-0.2, -0.15) is 18.3 Å². The molecule has 1 amide bonds. The van der Waals surface area contributed by atoms with Crippen molar-refractivity contribution < 1.29 is 22.4 Å². The van der Waals surface area contributed by atoms with Crippen LogP contribution in [0.15, 0.2) is 72.8 Å². The zero-order valence-corrected chi connectivity index (χ0v) is 21.8. The van der Waals surface area contributed by atoms with Gasteiger partial charge in [0.25, 0.3) is 5.91 Å². The lowest BCUT2D eigenvalue weighted by Crippen LogP contribution is -2.48. The van der Waals surface area contributed by atoms with E-state index >= 15 is 0 Å². The van der Waals surface area contributed by atoms with E-state index in [1.54, 1.807) is 18.2 Å². The van der Waals surface area contributed by atoms with Crippen LogP contribution in [0.3, 0.4) is 0 Å². The molecule has 5 aromatic rings. The van der Waals surface area contributed by atoms with E-state index in [1.807, 2.05) is 35.2 Å². The summed E-state index contributed by atoms with van der Waals surface area (Å²) in [4.78, 5) is 21.2. The van der Waals surface area contributed by atoms with Crippen molar-refractivity contribution in [2.45, 2.75) is 12.7 Å². The highest BCUT2D eigenvalue weighted by Crippen LogP contribution is 2.33. The molecule has 1 fully saturated rings. The Bertz CT molecular complexity index is 1720. The van der Waals surface area contributed by atoms with Gasteiger partial charge in [0.2, 0.25) is 0 Å². The van der Waals surface area contributed by atoms with Crippen LogP contribution in [0, 0.1) is 5.82 Å². The third-order valence-corrected chi connectivity index (χ3v) is 7.44. The predicted octanol–water partition coefficient (Wildman–Crippen LogP) is 6.32. The molecule has 0 spiro atoms. The number of carbonyl (C=O) groups is 1. The quantitative estimate of drug-likeness (QED) is 0.239. The van der Waals surface area contributed by atoms with Crippen molar-refractivity contribution in [3.05, 3.63) is 101 Å². The Kier molecular flexibility index (Phi) is 6.67. The summed E-state index contributed by atoms with van der Waals surface area (Å²) in [5, 5.41) is 6.17. The zero-order chi connectivity index (χ0) is 28.0. The molecule has 204 valence electrons. The minimum atomic E-state index is -4.72. The molecule has 1 aliphatic rings. The van der Waals surface area contributed by atoms with E-state index in [9.17, 15) is 22.4 Å². The lowest BCUT2D eigenvalue weighted by molar-refractivity contribution is -0.142. The standard InChI is InChI=1S/C29H22ClF4N5O/c30-22-6-3-7-23(31)21(22)17-37-10-12-38(13-11-37)28(40)25-16-27-35-24(15-26(29(32,33)34)39(27)36-25)20-9-8-18-4-1-2-5-19(18)14-20/h1-9,14-16H,10-13,17H2. The average Bonchev–Trinajstić information content (AvgIpc) is 3.38. The van der Waals surface area contributed by atoms with Crippen molar-refractivity contribution in [2.75, 3.05) is 26.2 Å². The van der Waals surface area contributed by atoms with Gasteiger partial charge in [0.1, 0.15) is 5.82 Å². The highest BCUT2D eigenvalue weighted by atomic mass is 35.5. The first-order chi connectivity index (χ1) is 19.2. The fourth-order valence-corrected chi connectivity index (χ4v) is 5.18. The first-order valence-corrected chi connectivity index (χ1v) is 13.0. The van der Waals surface area contributed by atoms with E-state index in [4.69, 9.17) is 11.6 Å². The van der Waals surface area contributed by atoms with E-state index in [-0.39, 0.29) is 23.6 Å². The smallest absolute Gasteiger partial charge is 0.335 e. The number of hydrogen-bond acceptors (Lipinski definition) is 4. The molecule has 40 heavy (non-hydrogen) atoms. The highest BCUT2D eigenvalue weighted by Gasteiger charge is 2.36. The average molecular weight is 568 g/mol. The summed E-state index contributed by atoms with van der Waals surface area (Å²) in [5.41, 5.74) is -0.186. The predicted molar refractivity (Wildman–Crippen MR) is 144 cm³/mol. The summed E-state index contributed by atoms with van der Waals surface area (Å²) >= 11 is 6.14. The number of hydrogen-bond donors (Lipinski definition) is 0. The van der Waals surface area contributed by atoms with E-state index < -0.39 is 23.6 Å². The molecule has 11 heteroatoms. The number of piperazine rings is 1. The van der Waals surface area contributed by atoms with Crippen LogP contribution in [0.4, 0.5) is 17.6 Å². The van der Waals surface area contributed by atoms with Gasteiger partial charge in [-0.3, -0.25) is 9.69 Å². The number of aromatic nitrogens is 3. The largest absolute Gasteiger partial charge is 0.433 e. The Hall–Kier alpha value is -4.02. The van der Waals surface area contributed by atoms with Gasteiger partial charge in [-0.25, -0.2) is 13.9 Å². The second kappa shape index (κ2) is 10.2. The molecular weight excluding hydrogens is 546 g/mol. The molecule has 0 aliphatic carbocycles. The van der Waals surface area contributed by atoms with Crippen molar-refractivity contribution in [3.63, 3.8) is 0 Å². The first kappa shape index (κ1) is 26.2. The van der Waals surface area contributed by atoms with E-state index in [0.717, 1.165) is 16.8 Å². The number of nitrogens with zero attached hydrogens (tertiary/aromatic N) is 5. The fraction of sp³-hybridized carbons (Fsp3) is 0.207. The number of rotatable bonds is 4. The van der Waals surface area contributed by atoms with E-state index in [0.29, 0.717) is 46.8 Å². The van der Waals surface area contributed by atoms with Crippen LogP contribution in [0.1, 0.15) is 21.7 Å². The molecule has 0 radical (unpaired) electrons. The van der Waals surface area contributed by atoms with Crippen molar-refractivity contribution in [2.24, 2.45) is 0 Å². The molecule has 0 saturated carbocycles. The molecule has 3 aromatic carbocycles. The van der Waals surface area contributed by atoms with Crippen LogP contribution in [-0.2, 0) is 12.7 Å². The number of halogens is 5. The molecule has 0 bridgehead atoms. The molecule has 0 atom stereocenters. The number of benzene rings is 3. The third-order valence-electron chi connectivity index (χ3n) is 7.08. The Morgan fingerprint density at radius 3 is 2.38 bits per heavy atom. The van der Waals surface area contributed by atoms with Crippen LogP contribution in [-0.4, -0.2) is 56.5 Å². The summed E-state index contributed by atoms with van der Waals surface area (Å²) in [5.74, 6) is -0.888. The maximum Gasteiger partial charge on any atom is 0.433 e. The minimum Gasteiger partial charge on any atom is -0.335 e.